The van der Waals surface area contributed by atoms with E-state index in [2.05, 4.69) is 34.7 Å². The van der Waals surface area contributed by atoms with E-state index in [1.807, 2.05) is 0 Å². The zero-order valence-corrected chi connectivity index (χ0v) is 13.6. The number of hydrogen-bond donors (Lipinski definition) is 3. The van der Waals surface area contributed by atoms with E-state index >= 15 is 0 Å². The second-order valence-electron chi connectivity index (χ2n) is 6.00. The van der Waals surface area contributed by atoms with Crippen molar-refractivity contribution in [3.8, 4) is 0 Å². The van der Waals surface area contributed by atoms with Gasteiger partial charge >= 0.3 is 0 Å². The molecule has 1 rings (SSSR count). The van der Waals surface area contributed by atoms with Crippen LogP contribution in [0.2, 0.25) is 0 Å². The van der Waals surface area contributed by atoms with Crippen molar-refractivity contribution >= 4 is 11.8 Å². The van der Waals surface area contributed by atoms with Gasteiger partial charge in [0.05, 0.1) is 6.54 Å². The van der Waals surface area contributed by atoms with Crippen LogP contribution in [0.5, 0.6) is 0 Å². The van der Waals surface area contributed by atoms with Crippen LogP contribution in [0.4, 0.5) is 0 Å². The lowest BCUT2D eigenvalue weighted by molar-refractivity contribution is -0.123. The molecular formula is C15H30N4O2. The van der Waals surface area contributed by atoms with Gasteiger partial charge in [0.15, 0.2) is 0 Å². The first kappa shape index (κ1) is 17.9. The molecule has 0 aromatic carbocycles. The van der Waals surface area contributed by atoms with Crippen molar-refractivity contribution in [3.05, 3.63) is 0 Å². The van der Waals surface area contributed by atoms with Gasteiger partial charge in [0.2, 0.25) is 11.8 Å². The van der Waals surface area contributed by atoms with Crippen molar-refractivity contribution in [2.24, 2.45) is 0 Å². The van der Waals surface area contributed by atoms with Crippen LogP contribution in [0.15, 0.2) is 0 Å². The van der Waals surface area contributed by atoms with Crippen LogP contribution in [0.3, 0.4) is 0 Å². The summed E-state index contributed by atoms with van der Waals surface area (Å²) in [4.78, 5) is 24.9. The van der Waals surface area contributed by atoms with Crippen molar-refractivity contribution in [1.82, 2.24) is 20.9 Å². The largest absolute Gasteiger partial charge is 0.355 e. The summed E-state index contributed by atoms with van der Waals surface area (Å²) < 4.78 is 0. The Balaban J connectivity index is 2.28. The predicted molar refractivity (Wildman–Crippen MR) is 84.0 cm³/mol. The Bertz CT molecular complexity index is 328. The normalized spacial score (nSPS) is 18.8. The Morgan fingerprint density at radius 3 is 2.52 bits per heavy atom. The second kappa shape index (κ2) is 9.73. The van der Waals surface area contributed by atoms with Gasteiger partial charge in [-0.1, -0.05) is 6.42 Å². The molecule has 1 aliphatic rings. The summed E-state index contributed by atoms with van der Waals surface area (Å²) in [5, 5.41) is 9.03. The van der Waals surface area contributed by atoms with E-state index in [9.17, 15) is 9.59 Å². The average Bonchev–Trinajstić information content (AvgIpc) is 2.44. The predicted octanol–water partition coefficient (Wildman–Crippen LogP) is 0.0912. The molecule has 0 aliphatic carbocycles. The fraction of sp³-hybridized carbons (Fsp3) is 0.867. The minimum absolute atomic E-state index is 0.0184. The molecule has 1 saturated heterocycles. The highest BCUT2D eigenvalue weighted by atomic mass is 16.2. The van der Waals surface area contributed by atoms with Gasteiger partial charge in [0.25, 0.3) is 0 Å². The number of rotatable bonds is 8. The molecular weight excluding hydrogens is 268 g/mol. The molecule has 0 bridgehead atoms. The quantitative estimate of drug-likeness (QED) is 0.555. The molecule has 0 aromatic heterocycles. The SMILES string of the molecule is CC(=O)NCCNC(=O)CN(CC1CCCCN1)C(C)C. The lowest BCUT2D eigenvalue weighted by Crippen LogP contribution is -2.49. The molecule has 0 aromatic rings. The van der Waals surface area contributed by atoms with Crippen molar-refractivity contribution in [3.63, 3.8) is 0 Å². The standard InChI is InChI=1S/C15H30N4O2/c1-12(2)19(10-14-6-4-5-7-17-14)11-15(21)18-9-8-16-13(3)20/h12,14,17H,4-11H2,1-3H3,(H,16,20)(H,18,21). The number of nitrogens with zero attached hydrogens (tertiary/aromatic N) is 1. The summed E-state index contributed by atoms with van der Waals surface area (Å²) in [5.74, 6) is -0.0544. The highest BCUT2D eigenvalue weighted by molar-refractivity contribution is 5.78. The lowest BCUT2D eigenvalue weighted by Gasteiger charge is -2.32. The molecule has 1 unspecified atom stereocenters. The average molecular weight is 298 g/mol. The molecule has 6 nitrogen and oxygen atoms in total. The monoisotopic (exact) mass is 298 g/mol. The molecule has 0 spiro atoms. The number of carbonyl (C=O) groups excluding carboxylic acids is 2. The summed E-state index contributed by atoms with van der Waals surface area (Å²) >= 11 is 0. The van der Waals surface area contributed by atoms with E-state index in [1.54, 1.807) is 0 Å². The van der Waals surface area contributed by atoms with Crippen LogP contribution in [0.1, 0.15) is 40.0 Å². The van der Waals surface area contributed by atoms with E-state index < -0.39 is 0 Å². The third-order valence-electron chi connectivity index (χ3n) is 3.77. The van der Waals surface area contributed by atoms with Crippen molar-refractivity contribution in [2.75, 3.05) is 32.7 Å². The first-order valence-electron chi connectivity index (χ1n) is 7.97. The van der Waals surface area contributed by atoms with Gasteiger partial charge in [0.1, 0.15) is 0 Å². The van der Waals surface area contributed by atoms with E-state index in [0.717, 1.165) is 13.1 Å². The van der Waals surface area contributed by atoms with E-state index in [0.29, 0.717) is 31.7 Å². The molecule has 1 aliphatic heterocycles. The topological polar surface area (TPSA) is 73.5 Å². The molecule has 1 fully saturated rings. The molecule has 3 N–H and O–H groups in total. The maximum Gasteiger partial charge on any atom is 0.234 e. The van der Waals surface area contributed by atoms with Gasteiger partial charge in [-0.2, -0.15) is 0 Å². The maximum absolute atomic E-state index is 12.0. The molecule has 0 radical (unpaired) electrons. The fourth-order valence-corrected chi connectivity index (χ4v) is 2.50. The van der Waals surface area contributed by atoms with Crippen LogP contribution in [0.25, 0.3) is 0 Å². The minimum Gasteiger partial charge on any atom is -0.355 e. The van der Waals surface area contributed by atoms with Crippen LogP contribution < -0.4 is 16.0 Å². The van der Waals surface area contributed by atoms with Crippen molar-refractivity contribution in [1.29, 1.82) is 0 Å². The first-order valence-corrected chi connectivity index (χ1v) is 7.97. The highest BCUT2D eigenvalue weighted by Crippen LogP contribution is 2.10. The molecule has 6 heteroatoms. The third kappa shape index (κ3) is 8.02. The van der Waals surface area contributed by atoms with Crippen LogP contribution in [-0.2, 0) is 9.59 Å². The van der Waals surface area contributed by atoms with Crippen molar-refractivity contribution < 1.29 is 9.59 Å². The Kier molecular flexibility index (Phi) is 8.30. The molecule has 0 saturated carbocycles. The Morgan fingerprint density at radius 1 is 1.24 bits per heavy atom. The number of hydrogen-bond acceptors (Lipinski definition) is 4. The Labute approximate surface area is 128 Å². The van der Waals surface area contributed by atoms with Gasteiger partial charge in [-0.15, -0.1) is 0 Å². The lowest BCUT2D eigenvalue weighted by atomic mass is 10.0. The minimum atomic E-state index is -0.0728. The molecule has 1 atom stereocenters. The Morgan fingerprint density at radius 2 is 1.95 bits per heavy atom. The zero-order valence-electron chi connectivity index (χ0n) is 13.6. The zero-order chi connectivity index (χ0) is 15.7. The van der Waals surface area contributed by atoms with Gasteiger partial charge in [-0.3, -0.25) is 14.5 Å². The first-order chi connectivity index (χ1) is 9.99. The van der Waals surface area contributed by atoms with E-state index in [1.165, 1.54) is 26.2 Å². The van der Waals surface area contributed by atoms with Crippen LogP contribution in [0, 0.1) is 0 Å². The Hall–Kier alpha value is -1.14. The van der Waals surface area contributed by atoms with E-state index in [-0.39, 0.29) is 11.8 Å². The summed E-state index contributed by atoms with van der Waals surface area (Å²) in [6.45, 7) is 9.07. The molecule has 2 amide bonds. The molecule has 1 heterocycles. The third-order valence-corrected chi connectivity index (χ3v) is 3.77. The van der Waals surface area contributed by atoms with Gasteiger partial charge in [-0.25, -0.2) is 0 Å². The van der Waals surface area contributed by atoms with Crippen LogP contribution in [-0.4, -0.2) is 61.5 Å². The highest BCUT2D eigenvalue weighted by Gasteiger charge is 2.20. The number of nitrogens with one attached hydrogen (secondary N) is 3. The summed E-state index contributed by atoms with van der Waals surface area (Å²) in [7, 11) is 0. The van der Waals surface area contributed by atoms with E-state index in [4.69, 9.17) is 0 Å². The number of piperidine rings is 1. The summed E-state index contributed by atoms with van der Waals surface area (Å²) in [6.07, 6.45) is 3.71. The number of amides is 2. The van der Waals surface area contributed by atoms with Crippen LogP contribution >= 0.6 is 0 Å². The smallest absolute Gasteiger partial charge is 0.234 e. The summed E-state index contributed by atoms with van der Waals surface area (Å²) in [5.41, 5.74) is 0. The molecule has 21 heavy (non-hydrogen) atoms. The fourth-order valence-electron chi connectivity index (χ4n) is 2.50. The maximum atomic E-state index is 12.0. The molecule has 122 valence electrons. The van der Waals surface area contributed by atoms with Crippen molar-refractivity contribution in [2.45, 2.75) is 52.1 Å². The van der Waals surface area contributed by atoms with Gasteiger partial charge < -0.3 is 16.0 Å². The number of carbonyl (C=O) groups is 2. The van der Waals surface area contributed by atoms with Gasteiger partial charge in [0, 0.05) is 38.6 Å². The summed E-state index contributed by atoms with van der Waals surface area (Å²) in [6, 6.07) is 0.836. The second-order valence-corrected chi connectivity index (χ2v) is 6.00. The van der Waals surface area contributed by atoms with Gasteiger partial charge in [-0.05, 0) is 33.2 Å².